The fourth-order valence-electron chi connectivity index (χ4n) is 2.84. The van der Waals surface area contributed by atoms with E-state index in [1.807, 2.05) is 0 Å². The van der Waals surface area contributed by atoms with E-state index in [1.165, 1.54) is 6.07 Å². The highest BCUT2D eigenvalue weighted by molar-refractivity contribution is 9.10. The van der Waals surface area contributed by atoms with Gasteiger partial charge in [0.05, 0.1) is 5.54 Å². The minimum Gasteiger partial charge on any atom is -0.305 e. The maximum absolute atomic E-state index is 13.7. The average Bonchev–Trinajstić information content (AvgIpc) is 2.84. The Morgan fingerprint density at radius 3 is 2.95 bits per heavy atom. The molecule has 1 aliphatic heterocycles. The van der Waals surface area contributed by atoms with Gasteiger partial charge < -0.3 is 5.32 Å². The molecule has 19 heavy (non-hydrogen) atoms. The van der Waals surface area contributed by atoms with E-state index < -0.39 is 5.54 Å². The molecule has 1 aromatic carbocycles. The van der Waals surface area contributed by atoms with Gasteiger partial charge in [-0.25, -0.2) is 4.39 Å². The van der Waals surface area contributed by atoms with Gasteiger partial charge in [-0.2, -0.15) is 0 Å². The molecular weight excluding hydrogens is 309 g/mol. The number of nitrogens with one attached hydrogen (secondary N) is 1. The lowest BCUT2D eigenvalue weighted by Gasteiger charge is -2.27. The molecule has 0 aliphatic carbocycles. The standard InChI is InChI=1S/C15H19BrFNO/c1-2-6-15(7-3-8-18-15)14(19)10-11-9-12(16)4-5-13(11)17/h4-5,9,18H,2-3,6-8,10H2,1H3. The Balaban J connectivity index is 2.17. The van der Waals surface area contributed by atoms with Gasteiger partial charge in [0, 0.05) is 10.9 Å². The molecule has 0 spiro atoms. The summed E-state index contributed by atoms with van der Waals surface area (Å²) in [7, 11) is 0. The van der Waals surface area contributed by atoms with Crippen molar-refractivity contribution in [2.45, 2.75) is 44.6 Å². The van der Waals surface area contributed by atoms with Crippen molar-refractivity contribution in [3.8, 4) is 0 Å². The first-order valence-corrected chi connectivity index (χ1v) is 7.59. The van der Waals surface area contributed by atoms with Gasteiger partial charge in [0.15, 0.2) is 5.78 Å². The zero-order chi connectivity index (χ0) is 13.9. The van der Waals surface area contributed by atoms with Crippen LogP contribution in [0.1, 0.15) is 38.2 Å². The van der Waals surface area contributed by atoms with Gasteiger partial charge in [-0.1, -0.05) is 29.3 Å². The Hall–Kier alpha value is -0.740. The van der Waals surface area contributed by atoms with Crippen LogP contribution in [0.2, 0.25) is 0 Å². The summed E-state index contributed by atoms with van der Waals surface area (Å²) >= 11 is 3.32. The highest BCUT2D eigenvalue weighted by Gasteiger charge is 2.39. The van der Waals surface area contributed by atoms with E-state index in [0.29, 0.717) is 5.56 Å². The van der Waals surface area contributed by atoms with E-state index in [-0.39, 0.29) is 18.0 Å². The molecule has 1 unspecified atom stereocenters. The van der Waals surface area contributed by atoms with E-state index in [4.69, 9.17) is 0 Å². The SMILES string of the molecule is CCCC1(C(=O)Cc2cc(Br)ccc2F)CCCN1. The van der Waals surface area contributed by atoms with Crippen LogP contribution >= 0.6 is 15.9 Å². The number of Topliss-reactive ketones (excluding diaryl/α,β-unsaturated/α-hetero) is 1. The molecule has 0 aromatic heterocycles. The van der Waals surface area contributed by atoms with E-state index >= 15 is 0 Å². The maximum Gasteiger partial charge on any atom is 0.157 e. The largest absolute Gasteiger partial charge is 0.305 e. The smallest absolute Gasteiger partial charge is 0.157 e. The van der Waals surface area contributed by atoms with Gasteiger partial charge in [0.2, 0.25) is 0 Å². The molecule has 0 bridgehead atoms. The topological polar surface area (TPSA) is 29.1 Å². The summed E-state index contributed by atoms with van der Waals surface area (Å²) in [6, 6.07) is 4.75. The Morgan fingerprint density at radius 1 is 1.53 bits per heavy atom. The van der Waals surface area contributed by atoms with Crippen molar-refractivity contribution in [2.75, 3.05) is 6.54 Å². The molecule has 1 aromatic rings. The third kappa shape index (κ3) is 3.23. The Bertz CT molecular complexity index is 469. The van der Waals surface area contributed by atoms with Crippen molar-refractivity contribution >= 4 is 21.7 Å². The van der Waals surface area contributed by atoms with Crippen LogP contribution in [0.4, 0.5) is 4.39 Å². The number of halogens is 2. The lowest BCUT2D eigenvalue weighted by atomic mass is 9.84. The number of rotatable bonds is 5. The summed E-state index contributed by atoms with van der Waals surface area (Å²) < 4.78 is 14.5. The second-order valence-electron chi connectivity index (χ2n) is 5.20. The monoisotopic (exact) mass is 327 g/mol. The normalized spacial score (nSPS) is 22.7. The van der Waals surface area contributed by atoms with E-state index in [0.717, 1.165) is 36.7 Å². The van der Waals surface area contributed by atoms with Crippen LogP contribution in [0.25, 0.3) is 0 Å². The molecule has 4 heteroatoms. The Morgan fingerprint density at radius 2 is 2.32 bits per heavy atom. The zero-order valence-electron chi connectivity index (χ0n) is 11.1. The fourth-order valence-corrected chi connectivity index (χ4v) is 3.25. The molecule has 0 amide bonds. The Labute approximate surface area is 121 Å². The average molecular weight is 328 g/mol. The first kappa shape index (κ1) is 14.7. The lowest BCUT2D eigenvalue weighted by molar-refractivity contribution is -0.124. The summed E-state index contributed by atoms with van der Waals surface area (Å²) in [4.78, 5) is 12.5. The van der Waals surface area contributed by atoms with Crippen molar-refractivity contribution in [2.24, 2.45) is 0 Å². The van der Waals surface area contributed by atoms with Gasteiger partial charge in [-0.15, -0.1) is 0 Å². The maximum atomic E-state index is 13.7. The molecule has 1 fully saturated rings. The van der Waals surface area contributed by atoms with Crippen molar-refractivity contribution in [3.63, 3.8) is 0 Å². The van der Waals surface area contributed by atoms with Crippen molar-refractivity contribution in [3.05, 3.63) is 34.1 Å². The van der Waals surface area contributed by atoms with E-state index in [9.17, 15) is 9.18 Å². The third-order valence-corrected chi connectivity index (χ3v) is 4.31. The van der Waals surface area contributed by atoms with E-state index in [1.54, 1.807) is 12.1 Å². The predicted molar refractivity (Wildman–Crippen MR) is 77.7 cm³/mol. The summed E-state index contributed by atoms with van der Waals surface area (Å²) in [6.07, 6.45) is 3.85. The number of benzene rings is 1. The summed E-state index contributed by atoms with van der Waals surface area (Å²) in [5, 5.41) is 3.34. The van der Waals surface area contributed by atoms with Gasteiger partial charge in [-0.05, 0) is 49.6 Å². The highest BCUT2D eigenvalue weighted by atomic mass is 79.9. The number of hydrogen-bond donors (Lipinski definition) is 1. The first-order chi connectivity index (χ1) is 9.07. The van der Waals surface area contributed by atoms with Crippen molar-refractivity contribution in [1.29, 1.82) is 0 Å². The molecule has 104 valence electrons. The molecule has 2 rings (SSSR count). The zero-order valence-corrected chi connectivity index (χ0v) is 12.7. The molecule has 1 N–H and O–H groups in total. The van der Waals surface area contributed by atoms with Gasteiger partial charge in [0.1, 0.15) is 5.82 Å². The number of hydrogen-bond acceptors (Lipinski definition) is 2. The van der Waals surface area contributed by atoms with Crippen LogP contribution in [-0.2, 0) is 11.2 Å². The van der Waals surface area contributed by atoms with Crippen LogP contribution in [-0.4, -0.2) is 17.9 Å². The van der Waals surface area contributed by atoms with Crippen molar-refractivity contribution in [1.82, 2.24) is 5.32 Å². The third-order valence-electron chi connectivity index (χ3n) is 3.81. The van der Waals surface area contributed by atoms with Crippen LogP contribution in [0.5, 0.6) is 0 Å². The number of carbonyl (C=O) groups is 1. The summed E-state index contributed by atoms with van der Waals surface area (Å²) in [5.41, 5.74) is 0.0484. The molecule has 0 saturated carbocycles. The summed E-state index contributed by atoms with van der Waals surface area (Å²) in [5.74, 6) is -0.190. The molecule has 1 heterocycles. The van der Waals surface area contributed by atoms with Crippen molar-refractivity contribution < 1.29 is 9.18 Å². The van der Waals surface area contributed by atoms with Gasteiger partial charge >= 0.3 is 0 Å². The molecule has 1 saturated heterocycles. The number of ketones is 1. The molecule has 1 atom stereocenters. The first-order valence-electron chi connectivity index (χ1n) is 6.79. The minimum absolute atomic E-state index is 0.115. The Kier molecular flexibility index (Phi) is 4.74. The van der Waals surface area contributed by atoms with Crippen LogP contribution in [0, 0.1) is 5.82 Å². The quantitative estimate of drug-likeness (QED) is 0.894. The predicted octanol–water partition coefficient (Wildman–Crippen LogP) is 3.62. The molecule has 2 nitrogen and oxygen atoms in total. The molecular formula is C15H19BrFNO. The van der Waals surface area contributed by atoms with Crippen LogP contribution in [0.3, 0.4) is 0 Å². The second-order valence-corrected chi connectivity index (χ2v) is 6.11. The molecule has 0 radical (unpaired) electrons. The molecule has 1 aliphatic rings. The second kappa shape index (κ2) is 6.14. The highest BCUT2D eigenvalue weighted by Crippen LogP contribution is 2.28. The fraction of sp³-hybridized carbons (Fsp3) is 0.533. The van der Waals surface area contributed by atoms with Gasteiger partial charge in [-0.3, -0.25) is 4.79 Å². The lowest BCUT2D eigenvalue weighted by Crippen LogP contribution is -2.48. The van der Waals surface area contributed by atoms with Gasteiger partial charge in [0.25, 0.3) is 0 Å². The van der Waals surface area contributed by atoms with Crippen LogP contribution < -0.4 is 5.32 Å². The minimum atomic E-state index is -0.427. The van der Waals surface area contributed by atoms with E-state index in [2.05, 4.69) is 28.2 Å². The summed E-state index contributed by atoms with van der Waals surface area (Å²) in [6.45, 7) is 2.96. The number of carbonyl (C=O) groups excluding carboxylic acids is 1. The van der Waals surface area contributed by atoms with Crippen LogP contribution in [0.15, 0.2) is 22.7 Å².